The van der Waals surface area contributed by atoms with Gasteiger partial charge in [0.15, 0.2) is 0 Å². The van der Waals surface area contributed by atoms with E-state index < -0.39 is 11.4 Å². The number of amides is 1. The molecule has 1 aromatic rings. The van der Waals surface area contributed by atoms with E-state index in [1.807, 2.05) is 0 Å². The number of hydrogen-bond donors (Lipinski definition) is 1. The van der Waals surface area contributed by atoms with Crippen LogP contribution < -0.4 is 0 Å². The van der Waals surface area contributed by atoms with E-state index in [0.717, 1.165) is 5.56 Å². The Balaban J connectivity index is 1.97. The van der Waals surface area contributed by atoms with Crippen LogP contribution in [0.3, 0.4) is 0 Å². The van der Waals surface area contributed by atoms with E-state index >= 15 is 0 Å². The second-order valence-electron chi connectivity index (χ2n) is 6.12. The number of nitrogens with zero attached hydrogens (tertiary/aromatic N) is 1. The highest BCUT2D eigenvalue weighted by atomic mass is 19.1. The largest absolute Gasteiger partial charge is 0.481 e. The molecule has 1 aromatic carbocycles. The molecule has 0 bridgehead atoms. The third-order valence-electron chi connectivity index (χ3n) is 4.46. The molecule has 1 atom stereocenters. The summed E-state index contributed by atoms with van der Waals surface area (Å²) in [7, 11) is 0. The predicted octanol–water partition coefficient (Wildman–Crippen LogP) is 3.03. The second kappa shape index (κ2) is 7.40. The number of carboxylic acids is 1. The van der Waals surface area contributed by atoms with Crippen molar-refractivity contribution in [3.63, 3.8) is 0 Å². The minimum atomic E-state index is -0.911. The summed E-state index contributed by atoms with van der Waals surface area (Å²) in [4.78, 5) is 25.7. The summed E-state index contributed by atoms with van der Waals surface area (Å²) < 4.78 is 12.9. The Morgan fingerprint density at radius 1 is 1.35 bits per heavy atom. The van der Waals surface area contributed by atoms with E-state index in [9.17, 15) is 19.1 Å². The van der Waals surface area contributed by atoms with Crippen LogP contribution in [0.4, 0.5) is 4.39 Å². The number of carbonyl (C=O) groups is 2. The molecule has 4 nitrogen and oxygen atoms in total. The number of aryl methyl sites for hydroxylation is 1. The van der Waals surface area contributed by atoms with Crippen LogP contribution in [0, 0.1) is 11.2 Å². The average molecular weight is 319 g/mol. The lowest BCUT2D eigenvalue weighted by Gasteiger charge is -2.39. The zero-order chi connectivity index (χ0) is 16.9. The molecule has 0 spiro atoms. The van der Waals surface area contributed by atoms with E-state index in [4.69, 9.17) is 0 Å². The van der Waals surface area contributed by atoms with E-state index in [1.165, 1.54) is 12.1 Å². The number of halogens is 1. The van der Waals surface area contributed by atoms with E-state index in [1.54, 1.807) is 23.1 Å². The predicted molar refractivity (Wildman–Crippen MR) is 85.4 cm³/mol. The van der Waals surface area contributed by atoms with Crippen LogP contribution in [0.2, 0.25) is 0 Å². The number of rotatable bonds is 6. The number of allylic oxidation sites excluding steroid dienone is 1. The minimum Gasteiger partial charge on any atom is -0.481 e. The van der Waals surface area contributed by atoms with Gasteiger partial charge in [0.2, 0.25) is 5.91 Å². The molecule has 1 heterocycles. The van der Waals surface area contributed by atoms with Gasteiger partial charge in [-0.25, -0.2) is 4.39 Å². The third kappa shape index (κ3) is 4.18. The second-order valence-corrected chi connectivity index (χ2v) is 6.12. The van der Waals surface area contributed by atoms with Gasteiger partial charge < -0.3 is 10.0 Å². The van der Waals surface area contributed by atoms with Crippen LogP contribution in [0.25, 0.3) is 0 Å². The zero-order valence-corrected chi connectivity index (χ0v) is 13.1. The lowest BCUT2D eigenvalue weighted by atomic mass is 9.77. The van der Waals surface area contributed by atoms with Crippen molar-refractivity contribution in [2.75, 3.05) is 13.1 Å². The summed E-state index contributed by atoms with van der Waals surface area (Å²) in [5.74, 6) is -1.22. The number of piperidine rings is 1. The lowest BCUT2D eigenvalue weighted by molar-refractivity contribution is -0.154. The molecule has 0 aromatic heterocycles. The fourth-order valence-corrected chi connectivity index (χ4v) is 3.11. The quantitative estimate of drug-likeness (QED) is 0.820. The Labute approximate surface area is 135 Å². The average Bonchev–Trinajstić information content (AvgIpc) is 2.54. The summed E-state index contributed by atoms with van der Waals surface area (Å²) in [6.07, 6.45) is 4.05. The van der Waals surface area contributed by atoms with Crippen LogP contribution >= 0.6 is 0 Å². The van der Waals surface area contributed by atoms with Gasteiger partial charge in [0.25, 0.3) is 0 Å². The van der Waals surface area contributed by atoms with Crippen LogP contribution in [0.15, 0.2) is 36.9 Å². The summed E-state index contributed by atoms with van der Waals surface area (Å²) in [6.45, 7) is 4.46. The maximum absolute atomic E-state index is 12.9. The van der Waals surface area contributed by atoms with Gasteiger partial charge >= 0.3 is 5.97 Å². The molecular weight excluding hydrogens is 297 g/mol. The minimum absolute atomic E-state index is 0.0521. The van der Waals surface area contributed by atoms with Crippen molar-refractivity contribution in [3.8, 4) is 0 Å². The summed E-state index contributed by atoms with van der Waals surface area (Å²) in [5, 5.41) is 9.53. The molecule has 1 fully saturated rings. The van der Waals surface area contributed by atoms with Gasteiger partial charge in [0.05, 0.1) is 5.41 Å². The first kappa shape index (κ1) is 17.2. The van der Waals surface area contributed by atoms with Gasteiger partial charge in [0, 0.05) is 19.5 Å². The third-order valence-corrected chi connectivity index (χ3v) is 4.46. The van der Waals surface area contributed by atoms with Crippen LogP contribution in [0.5, 0.6) is 0 Å². The number of carbonyl (C=O) groups excluding carboxylic acids is 1. The number of benzene rings is 1. The Hall–Kier alpha value is -2.17. The Morgan fingerprint density at radius 3 is 2.65 bits per heavy atom. The molecule has 1 aliphatic heterocycles. The Morgan fingerprint density at radius 2 is 2.04 bits per heavy atom. The standard InChI is InChI=1S/C18H22FNO3/c1-2-10-18(17(22)23)11-3-12-20(13-18)16(21)9-6-14-4-7-15(19)8-5-14/h2,4-5,7-8H,1,3,6,9-13H2,(H,22,23)/t18-/m1/s1. The first-order valence-electron chi connectivity index (χ1n) is 7.83. The molecular formula is C18H22FNO3. The van der Waals surface area contributed by atoms with Crippen molar-refractivity contribution in [1.82, 2.24) is 4.90 Å². The van der Waals surface area contributed by atoms with Crippen molar-refractivity contribution in [3.05, 3.63) is 48.3 Å². The molecule has 0 unspecified atom stereocenters. The number of likely N-dealkylation sites (tertiary alicyclic amines) is 1. The van der Waals surface area contributed by atoms with E-state index in [-0.39, 0.29) is 18.3 Å². The van der Waals surface area contributed by atoms with Gasteiger partial charge in [-0.3, -0.25) is 9.59 Å². The summed E-state index contributed by atoms with van der Waals surface area (Å²) in [5.41, 5.74) is -0.0155. The Bertz CT molecular complexity index is 584. The normalized spacial score (nSPS) is 21.0. The topological polar surface area (TPSA) is 57.6 Å². The van der Waals surface area contributed by atoms with Crippen LogP contribution in [-0.4, -0.2) is 35.0 Å². The number of aliphatic carboxylic acids is 1. The van der Waals surface area contributed by atoms with E-state index in [2.05, 4.69) is 6.58 Å². The molecule has 0 saturated carbocycles. The van der Waals surface area contributed by atoms with E-state index in [0.29, 0.717) is 38.6 Å². The number of carboxylic acid groups (broad SMARTS) is 1. The van der Waals surface area contributed by atoms with Crippen molar-refractivity contribution in [2.45, 2.75) is 32.1 Å². The summed E-state index contributed by atoms with van der Waals surface area (Å²) in [6, 6.07) is 6.08. The van der Waals surface area contributed by atoms with Gasteiger partial charge in [-0.15, -0.1) is 6.58 Å². The van der Waals surface area contributed by atoms with Crippen molar-refractivity contribution < 1.29 is 19.1 Å². The monoisotopic (exact) mass is 319 g/mol. The zero-order valence-electron chi connectivity index (χ0n) is 13.1. The van der Waals surface area contributed by atoms with Crippen molar-refractivity contribution in [2.24, 2.45) is 5.41 Å². The lowest BCUT2D eigenvalue weighted by Crippen LogP contribution is -2.49. The maximum atomic E-state index is 12.9. The molecule has 1 N–H and O–H groups in total. The molecule has 0 aliphatic carbocycles. The van der Waals surface area contributed by atoms with Crippen LogP contribution in [0.1, 0.15) is 31.2 Å². The fraction of sp³-hybridized carbons (Fsp3) is 0.444. The highest BCUT2D eigenvalue weighted by molar-refractivity contribution is 5.80. The highest BCUT2D eigenvalue weighted by Gasteiger charge is 2.42. The molecule has 124 valence electrons. The molecule has 1 amide bonds. The molecule has 2 rings (SSSR count). The van der Waals surface area contributed by atoms with Gasteiger partial charge in [-0.05, 0) is 43.4 Å². The SMILES string of the molecule is C=CC[C@@]1(C(=O)O)CCCN(C(=O)CCc2ccc(F)cc2)C1. The smallest absolute Gasteiger partial charge is 0.311 e. The molecule has 0 radical (unpaired) electrons. The molecule has 23 heavy (non-hydrogen) atoms. The van der Waals surface area contributed by atoms with Crippen molar-refractivity contribution >= 4 is 11.9 Å². The summed E-state index contributed by atoms with van der Waals surface area (Å²) >= 11 is 0. The highest BCUT2D eigenvalue weighted by Crippen LogP contribution is 2.34. The molecule has 1 aliphatic rings. The van der Waals surface area contributed by atoms with Crippen molar-refractivity contribution in [1.29, 1.82) is 0 Å². The first-order valence-corrected chi connectivity index (χ1v) is 7.83. The van der Waals surface area contributed by atoms with Crippen LogP contribution in [-0.2, 0) is 16.0 Å². The maximum Gasteiger partial charge on any atom is 0.311 e. The first-order chi connectivity index (χ1) is 11.0. The molecule has 5 heteroatoms. The number of hydrogen-bond acceptors (Lipinski definition) is 2. The Kier molecular flexibility index (Phi) is 5.53. The molecule has 1 saturated heterocycles. The van der Waals surface area contributed by atoms with Gasteiger partial charge in [-0.1, -0.05) is 18.2 Å². The van der Waals surface area contributed by atoms with Gasteiger partial charge in [0.1, 0.15) is 5.82 Å². The fourth-order valence-electron chi connectivity index (χ4n) is 3.11. The van der Waals surface area contributed by atoms with Gasteiger partial charge in [-0.2, -0.15) is 0 Å².